The van der Waals surface area contributed by atoms with Crippen LogP contribution in [0.2, 0.25) is 5.02 Å². The van der Waals surface area contributed by atoms with E-state index >= 15 is 0 Å². The zero-order chi connectivity index (χ0) is 18.0. The summed E-state index contributed by atoms with van der Waals surface area (Å²) in [6.07, 6.45) is 0. The topological polar surface area (TPSA) is 78.5 Å². The van der Waals surface area contributed by atoms with Gasteiger partial charge in [-0.15, -0.1) is 0 Å². The number of halogens is 1. The molecular weight excluding hydrogens is 346 g/mol. The Balaban J connectivity index is 2.14. The molecule has 3 aromatic rings. The fourth-order valence-corrected chi connectivity index (χ4v) is 2.74. The first kappa shape index (κ1) is 17.0. The van der Waals surface area contributed by atoms with E-state index in [-0.39, 0.29) is 40.6 Å². The van der Waals surface area contributed by atoms with Crippen molar-refractivity contribution in [3.05, 3.63) is 69.2 Å². The number of hydrogen-bond acceptors (Lipinski definition) is 5. The average Bonchev–Trinajstić information content (AvgIpc) is 2.90. The van der Waals surface area contributed by atoms with Crippen molar-refractivity contribution >= 4 is 34.5 Å². The largest absolute Gasteiger partial charge is 0.465 e. The summed E-state index contributed by atoms with van der Waals surface area (Å²) in [5, 5.41) is 0.255. The van der Waals surface area contributed by atoms with Crippen LogP contribution in [-0.2, 0) is 16.1 Å². The maximum atomic E-state index is 12.7. The number of rotatable bonds is 5. The molecule has 0 aliphatic heterocycles. The number of hydrogen-bond donors (Lipinski definition) is 0. The molecule has 25 heavy (non-hydrogen) atoms. The molecule has 0 fully saturated rings. The number of fused-ring (bicyclic) bond motifs is 1. The quantitative estimate of drug-likeness (QED) is 0.517. The molecule has 0 bridgehead atoms. The molecular formula is C18H14ClNO5. The van der Waals surface area contributed by atoms with E-state index in [1.54, 1.807) is 37.3 Å². The Hall–Kier alpha value is -2.86. The highest BCUT2D eigenvalue weighted by Gasteiger charge is 2.21. The molecule has 3 rings (SSSR count). The van der Waals surface area contributed by atoms with E-state index in [2.05, 4.69) is 0 Å². The fourth-order valence-electron chi connectivity index (χ4n) is 2.53. The number of esters is 1. The van der Waals surface area contributed by atoms with Gasteiger partial charge >= 0.3 is 11.7 Å². The summed E-state index contributed by atoms with van der Waals surface area (Å²) in [6.45, 7) is 1.54. The van der Waals surface area contributed by atoms with Crippen molar-refractivity contribution in [1.82, 2.24) is 4.57 Å². The SMILES string of the molecule is CCOC(=O)Cn1c(=O)oc2c(C(=O)c3ccccc3)cc(Cl)cc21. The normalized spacial score (nSPS) is 10.8. The monoisotopic (exact) mass is 359 g/mol. The second-order valence-electron chi connectivity index (χ2n) is 5.26. The lowest BCUT2D eigenvalue weighted by Gasteiger charge is -2.05. The highest BCUT2D eigenvalue weighted by molar-refractivity contribution is 6.32. The summed E-state index contributed by atoms with van der Waals surface area (Å²) >= 11 is 6.11. The van der Waals surface area contributed by atoms with Gasteiger partial charge in [0.2, 0.25) is 0 Å². The van der Waals surface area contributed by atoms with Gasteiger partial charge in [-0.3, -0.25) is 14.2 Å². The molecule has 0 saturated heterocycles. The molecule has 0 spiro atoms. The van der Waals surface area contributed by atoms with Crippen LogP contribution >= 0.6 is 11.6 Å². The molecule has 0 aliphatic rings. The molecule has 1 aromatic heterocycles. The smallest absolute Gasteiger partial charge is 0.420 e. The minimum absolute atomic E-state index is 0.0903. The lowest BCUT2D eigenvalue weighted by Crippen LogP contribution is -2.21. The number of aromatic nitrogens is 1. The third-order valence-electron chi connectivity index (χ3n) is 3.61. The summed E-state index contributed by atoms with van der Waals surface area (Å²) in [7, 11) is 0. The van der Waals surface area contributed by atoms with Gasteiger partial charge in [0, 0.05) is 10.6 Å². The summed E-state index contributed by atoms with van der Waals surface area (Å²) in [5.41, 5.74) is 0.956. The van der Waals surface area contributed by atoms with Gasteiger partial charge in [0.1, 0.15) is 6.54 Å². The molecule has 0 radical (unpaired) electrons. The Kier molecular flexibility index (Phi) is 4.72. The Morgan fingerprint density at radius 3 is 2.60 bits per heavy atom. The predicted octanol–water partition coefficient (Wildman–Crippen LogP) is 3.04. The van der Waals surface area contributed by atoms with Crippen LogP contribution < -0.4 is 5.76 Å². The van der Waals surface area contributed by atoms with Gasteiger partial charge < -0.3 is 9.15 Å². The van der Waals surface area contributed by atoms with E-state index in [0.717, 1.165) is 4.57 Å². The van der Waals surface area contributed by atoms with Gasteiger partial charge in [-0.1, -0.05) is 41.9 Å². The Morgan fingerprint density at radius 1 is 1.20 bits per heavy atom. The van der Waals surface area contributed by atoms with Crippen molar-refractivity contribution < 1.29 is 18.7 Å². The zero-order valence-corrected chi connectivity index (χ0v) is 14.1. The zero-order valence-electron chi connectivity index (χ0n) is 13.3. The van der Waals surface area contributed by atoms with Crippen LogP contribution in [-0.4, -0.2) is 22.9 Å². The predicted molar refractivity (Wildman–Crippen MR) is 92.0 cm³/mol. The fraction of sp³-hybridized carbons (Fsp3) is 0.167. The van der Waals surface area contributed by atoms with Gasteiger partial charge in [-0.05, 0) is 19.1 Å². The summed E-state index contributed by atoms with van der Waals surface area (Å²) in [4.78, 5) is 36.6. The number of ketones is 1. The molecule has 0 atom stereocenters. The molecule has 0 unspecified atom stereocenters. The van der Waals surface area contributed by atoms with Crippen LogP contribution in [0.25, 0.3) is 11.1 Å². The number of nitrogens with zero attached hydrogens (tertiary/aromatic N) is 1. The number of benzene rings is 2. The van der Waals surface area contributed by atoms with Crippen LogP contribution in [0.3, 0.4) is 0 Å². The number of oxazole rings is 1. The molecule has 0 amide bonds. The Morgan fingerprint density at radius 2 is 1.92 bits per heavy atom. The first-order valence-electron chi connectivity index (χ1n) is 7.59. The standard InChI is InChI=1S/C18H14ClNO5/c1-2-24-15(21)10-20-14-9-12(19)8-13(17(14)25-18(20)23)16(22)11-6-4-3-5-7-11/h3-9H,2,10H2,1H3. The molecule has 1 heterocycles. The van der Waals surface area contributed by atoms with E-state index in [0.29, 0.717) is 5.56 Å². The molecule has 0 N–H and O–H groups in total. The number of ether oxygens (including phenoxy) is 1. The first-order chi connectivity index (χ1) is 12.0. The molecule has 0 aliphatic carbocycles. The molecule has 2 aromatic carbocycles. The van der Waals surface area contributed by atoms with Crippen molar-refractivity contribution in [3.8, 4) is 0 Å². The highest BCUT2D eigenvalue weighted by atomic mass is 35.5. The Labute approximate surface area is 147 Å². The third-order valence-corrected chi connectivity index (χ3v) is 3.83. The maximum Gasteiger partial charge on any atom is 0.420 e. The van der Waals surface area contributed by atoms with Crippen LogP contribution in [0.15, 0.2) is 51.7 Å². The third kappa shape index (κ3) is 3.34. The summed E-state index contributed by atoms with van der Waals surface area (Å²) in [5.74, 6) is -1.67. The van der Waals surface area contributed by atoms with Crippen LogP contribution in [0.4, 0.5) is 0 Å². The van der Waals surface area contributed by atoms with E-state index in [4.69, 9.17) is 20.8 Å². The van der Waals surface area contributed by atoms with Gasteiger partial charge in [0.15, 0.2) is 11.4 Å². The first-order valence-corrected chi connectivity index (χ1v) is 7.97. The van der Waals surface area contributed by atoms with Gasteiger partial charge in [-0.2, -0.15) is 0 Å². The van der Waals surface area contributed by atoms with Crippen LogP contribution in [0, 0.1) is 0 Å². The van der Waals surface area contributed by atoms with Gasteiger partial charge in [0.05, 0.1) is 17.7 Å². The van der Waals surface area contributed by atoms with E-state index in [9.17, 15) is 14.4 Å². The number of carbonyl (C=O) groups excluding carboxylic acids is 2. The lowest BCUT2D eigenvalue weighted by molar-refractivity contribution is -0.143. The van der Waals surface area contributed by atoms with E-state index in [1.807, 2.05) is 0 Å². The summed E-state index contributed by atoms with van der Waals surface area (Å²) < 4.78 is 11.2. The van der Waals surface area contributed by atoms with Crippen molar-refractivity contribution in [3.63, 3.8) is 0 Å². The summed E-state index contributed by atoms with van der Waals surface area (Å²) in [6, 6.07) is 11.5. The van der Waals surface area contributed by atoms with Crippen molar-refractivity contribution in [2.75, 3.05) is 6.61 Å². The maximum absolute atomic E-state index is 12.7. The van der Waals surface area contributed by atoms with Gasteiger partial charge in [-0.25, -0.2) is 4.79 Å². The minimum atomic E-state index is -0.757. The van der Waals surface area contributed by atoms with Crippen molar-refractivity contribution in [2.45, 2.75) is 13.5 Å². The second kappa shape index (κ2) is 6.94. The Bertz CT molecular complexity index is 1000. The number of carbonyl (C=O) groups is 2. The lowest BCUT2D eigenvalue weighted by atomic mass is 10.0. The van der Waals surface area contributed by atoms with Crippen molar-refractivity contribution in [2.24, 2.45) is 0 Å². The molecule has 128 valence electrons. The minimum Gasteiger partial charge on any atom is -0.465 e. The van der Waals surface area contributed by atoms with Crippen LogP contribution in [0.1, 0.15) is 22.8 Å². The van der Waals surface area contributed by atoms with E-state index in [1.165, 1.54) is 12.1 Å². The van der Waals surface area contributed by atoms with Crippen molar-refractivity contribution in [1.29, 1.82) is 0 Å². The average molecular weight is 360 g/mol. The van der Waals surface area contributed by atoms with Crippen LogP contribution in [0.5, 0.6) is 0 Å². The second-order valence-corrected chi connectivity index (χ2v) is 5.69. The van der Waals surface area contributed by atoms with E-state index < -0.39 is 11.7 Å². The molecule has 7 heteroatoms. The molecule has 0 saturated carbocycles. The molecule has 6 nitrogen and oxygen atoms in total. The van der Waals surface area contributed by atoms with Gasteiger partial charge in [0.25, 0.3) is 0 Å². The highest BCUT2D eigenvalue weighted by Crippen LogP contribution is 2.26.